The van der Waals surface area contributed by atoms with E-state index < -0.39 is 11.7 Å². The van der Waals surface area contributed by atoms with E-state index in [1.165, 1.54) is 12.5 Å². The molecule has 0 aliphatic rings. The first kappa shape index (κ1) is 16.7. The van der Waals surface area contributed by atoms with Gasteiger partial charge < -0.3 is 21.1 Å². The van der Waals surface area contributed by atoms with Gasteiger partial charge in [0, 0.05) is 13.0 Å². The number of nitrogens with two attached hydrogens (primary N) is 1. The normalized spacial score (nSPS) is 10.8. The lowest BCUT2D eigenvalue weighted by atomic mass is 10.2. The number of alkyl carbamates (subject to hydrolysis) is 1. The number of ether oxygens (including phenoxy) is 1. The summed E-state index contributed by atoms with van der Waals surface area (Å²) in [5.41, 5.74) is 5.42. The zero-order chi connectivity index (χ0) is 15.9. The van der Waals surface area contributed by atoms with Gasteiger partial charge in [-0.15, -0.1) is 0 Å². The number of nitrogens with zero attached hydrogens (tertiary/aromatic N) is 2. The van der Waals surface area contributed by atoms with Gasteiger partial charge in [0.1, 0.15) is 17.6 Å². The van der Waals surface area contributed by atoms with E-state index in [2.05, 4.69) is 20.6 Å². The Morgan fingerprint density at radius 1 is 1.38 bits per heavy atom. The first-order chi connectivity index (χ1) is 9.78. The SMILES string of the molecule is CC(C)(C)OC(=O)NCCCC(=O)Nc1cncnc1N. The summed E-state index contributed by atoms with van der Waals surface area (Å²) in [5.74, 6) is -0.00674. The number of nitrogens with one attached hydrogen (secondary N) is 2. The van der Waals surface area contributed by atoms with Crippen LogP contribution in [0.25, 0.3) is 0 Å². The van der Waals surface area contributed by atoms with E-state index in [1.807, 2.05) is 0 Å². The third kappa shape index (κ3) is 7.09. The molecule has 0 radical (unpaired) electrons. The highest BCUT2D eigenvalue weighted by Gasteiger charge is 2.15. The Morgan fingerprint density at radius 3 is 2.71 bits per heavy atom. The Hall–Kier alpha value is -2.38. The number of hydrogen-bond acceptors (Lipinski definition) is 6. The molecular weight excluding hydrogens is 274 g/mol. The maximum absolute atomic E-state index is 11.7. The summed E-state index contributed by atoms with van der Waals surface area (Å²) >= 11 is 0. The van der Waals surface area contributed by atoms with Crippen molar-refractivity contribution in [1.29, 1.82) is 0 Å². The molecule has 0 saturated heterocycles. The molecule has 0 aliphatic heterocycles. The molecule has 0 bridgehead atoms. The Bertz CT molecular complexity index is 499. The fraction of sp³-hybridized carbons (Fsp3) is 0.538. The van der Waals surface area contributed by atoms with Crippen LogP contribution in [0.2, 0.25) is 0 Å². The second kappa shape index (κ2) is 7.41. The van der Waals surface area contributed by atoms with Crippen molar-refractivity contribution in [1.82, 2.24) is 15.3 Å². The molecule has 1 aromatic rings. The van der Waals surface area contributed by atoms with Crippen LogP contribution in [0.4, 0.5) is 16.3 Å². The second-order valence-electron chi connectivity index (χ2n) is 5.40. The van der Waals surface area contributed by atoms with Crippen LogP contribution >= 0.6 is 0 Å². The molecule has 1 heterocycles. The summed E-state index contributed by atoms with van der Waals surface area (Å²) < 4.78 is 5.07. The van der Waals surface area contributed by atoms with Gasteiger partial charge in [0.2, 0.25) is 5.91 Å². The number of amides is 2. The molecule has 21 heavy (non-hydrogen) atoms. The van der Waals surface area contributed by atoms with Crippen molar-refractivity contribution >= 4 is 23.5 Å². The second-order valence-corrected chi connectivity index (χ2v) is 5.40. The lowest BCUT2D eigenvalue weighted by Crippen LogP contribution is -2.33. The van der Waals surface area contributed by atoms with Gasteiger partial charge in [-0.3, -0.25) is 4.79 Å². The predicted octanol–water partition coefficient (Wildman–Crippen LogP) is 1.30. The van der Waals surface area contributed by atoms with E-state index in [0.717, 1.165) is 0 Å². The van der Waals surface area contributed by atoms with Crippen LogP contribution in [0.5, 0.6) is 0 Å². The molecule has 0 atom stereocenters. The third-order valence-electron chi connectivity index (χ3n) is 2.27. The van der Waals surface area contributed by atoms with E-state index in [0.29, 0.717) is 18.7 Å². The van der Waals surface area contributed by atoms with Gasteiger partial charge in [0.05, 0.1) is 6.20 Å². The molecule has 1 aromatic heterocycles. The topological polar surface area (TPSA) is 119 Å². The highest BCUT2D eigenvalue weighted by Crippen LogP contribution is 2.12. The van der Waals surface area contributed by atoms with Crippen LogP contribution in [0.15, 0.2) is 12.5 Å². The van der Waals surface area contributed by atoms with Crippen LogP contribution in [-0.2, 0) is 9.53 Å². The Kier molecular flexibility index (Phi) is 5.89. The van der Waals surface area contributed by atoms with Crippen LogP contribution in [0, 0.1) is 0 Å². The Morgan fingerprint density at radius 2 is 2.10 bits per heavy atom. The minimum Gasteiger partial charge on any atom is -0.444 e. The van der Waals surface area contributed by atoms with Crippen molar-refractivity contribution in [2.45, 2.75) is 39.2 Å². The minimum atomic E-state index is -0.535. The molecule has 2 amide bonds. The van der Waals surface area contributed by atoms with E-state index >= 15 is 0 Å². The molecule has 0 unspecified atom stereocenters. The van der Waals surface area contributed by atoms with Crippen LogP contribution < -0.4 is 16.4 Å². The van der Waals surface area contributed by atoms with Gasteiger partial charge in [-0.1, -0.05) is 0 Å². The lowest BCUT2D eigenvalue weighted by molar-refractivity contribution is -0.116. The molecule has 116 valence electrons. The maximum Gasteiger partial charge on any atom is 0.407 e. The quantitative estimate of drug-likeness (QED) is 0.704. The molecule has 8 heteroatoms. The highest BCUT2D eigenvalue weighted by atomic mass is 16.6. The smallest absolute Gasteiger partial charge is 0.407 e. The molecule has 1 rings (SSSR count). The number of hydrogen-bond donors (Lipinski definition) is 3. The number of rotatable bonds is 5. The minimum absolute atomic E-state index is 0.213. The average Bonchev–Trinajstić information content (AvgIpc) is 2.35. The number of carbonyl (C=O) groups is 2. The summed E-state index contributed by atoms with van der Waals surface area (Å²) in [7, 11) is 0. The molecule has 4 N–H and O–H groups in total. The largest absolute Gasteiger partial charge is 0.444 e. The van der Waals surface area contributed by atoms with E-state index in [1.54, 1.807) is 20.8 Å². The summed E-state index contributed by atoms with van der Waals surface area (Å²) in [5, 5.41) is 5.18. The highest BCUT2D eigenvalue weighted by molar-refractivity contribution is 5.92. The van der Waals surface area contributed by atoms with Gasteiger partial charge in [0.25, 0.3) is 0 Å². The van der Waals surface area contributed by atoms with Crippen molar-refractivity contribution < 1.29 is 14.3 Å². The molecule has 0 fully saturated rings. The van der Waals surface area contributed by atoms with Gasteiger partial charge in [-0.2, -0.15) is 0 Å². The van der Waals surface area contributed by atoms with E-state index in [4.69, 9.17) is 10.5 Å². The third-order valence-corrected chi connectivity index (χ3v) is 2.27. The Balaban J connectivity index is 2.23. The average molecular weight is 295 g/mol. The van der Waals surface area contributed by atoms with Crippen LogP contribution in [-0.4, -0.2) is 34.1 Å². The van der Waals surface area contributed by atoms with Gasteiger partial charge in [0.15, 0.2) is 5.82 Å². The van der Waals surface area contributed by atoms with Crippen LogP contribution in [0.3, 0.4) is 0 Å². The summed E-state index contributed by atoms with van der Waals surface area (Å²) in [6.45, 7) is 5.70. The number of nitrogen functional groups attached to an aromatic ring is 1. The van der Waals surface area contributed by atoms with Gasteiger partial charge >= 0.3 is 6.09 Å². The van der Waals surface area contributed by atoms with Crippen molar-refractivity contribution in [3.63, 3.8) is 0 Å². The fourth-order valence-electron chi connectivity index (χ4n) is 1.40. The molecule has 0 saturated carbocycles. The van der Waals surface area contributed by atoms with Crippen molar-refractivity contribution in [2.75, 3.05) is 17.6 Å². The first-order valence-electron chi connectivity index (χ1n) is 6.60. The van der Waals surface area contributed by atoms with Crippen molar-refractivity contribution in [3.05, 3.63) is 12.5 Å². The standard InChI is InChI=1S/C13H21N5O3/c1-13(2,3)21-12(20)16-6-4-5-10(19)18-9-7-15-8-17-11(9)14/h7-8H,4-6H2,1-3H3,(H,16,20)(H,18,19)(H2,14,15,17). The Labute approximate surface area is 123 Å². The zero-order valence-corrected chi connectivity index (χ0v) is 12.5. The van der Waals surface area contributed by atoms with E-state index in [-0.39, 0.29) is 18.1 Å². The summed E-state index contributed by atoms with van der Waals surface area (Å²) in [6, 6.07) is 0. The van der Waals surface area contributed by atoms with E-state index in [9.17, 15) is 9.59 Å². The maximum atomic E-state index is 11.7. The molecule has 0 aromatic carbocycles. The molecule has 0 spiro atoms. The summed E-state index contributed by atoms with van der Waals surface area (Å²) in [6.07, 6.45) is 2.96. The van der Waals surface area contributed by atoms with Gasteiger partial charge in [-0.05, 0) is 27.2 Å². The number of anilines is 2. The zero-order valence-electron chi connectivity index (χ0n) is 12.5. The number of carbonyl (C=O) groups excluding carboxylic acids is 2. The van der Waals surface area contributed by atoms with Crippen molar-refractivity contribution in [3.8, 4) is 0 Å². The van der Waals surface area contributed by atoms with Gasteiger partial charge in [-0.25, -0.2) is 14.8 Å². The summed E-state index contributed by atoms with van der Waals surface area (Å²) in [4.78, 5) is 30.6. The van der Waals surface area contributed by atoms with Crippen molar-refractivity contribution in [2.24, 2.45) is 0 Å². The first-order valence-corrected chi connectivity index (χ1v) is 6.60. The van der Waals surface area contributed by atoms with Crippen LogP contribution in [0.1, 0.15) is 33.6 Å². The number of aromatic nitrogens is 2. The monoisotopic (exact) mass is 295 g/mol. The predicted molar refractivity (Wildman–Crippen MR) is 78.5 cm³/mol. The molecule has 8 nitrogen and oxygen atoms in total. The molecule has 0 aliphatic carbocycles. The fourth-order valence-corrected chi connectivity index (χ4v) is 1.40. The molecular formula is C13H21N5O3. The lowest BCUT2D eigenvalue weighted by Gasteiger charge is -2.19.